The first-order valence-electron chi connectivity index (χ1n) is 1.70. The molecule has 0 saturated carbocycles. The van der Waals surface area contributed by atoms with Crippen molar-refractivity contribution in [1.29, 1.82) is 0 Å². The summed E-state index contributed by atoms with van der Waals surface area (Å²) in [6.45, 7) is 0. The molecule has 9 heavy (non-hydrogen) atoms. The zero-order valence-corrected chi connectivity index (χ0v) is 4.70. The Morgan fingerprint density at radius 2 is 0.778 bits per heavy atom. The van der Waals surface area contributed by atoms with Crippen LogP contribution in [0, 0.1) is 0 Å². The second-order valence-corrected chi connectivity index (χ2v) is 0.894. The van der Waals surface area contributed by atoms with Crippen molar-refractivity contribution in [3.05, 3.63) is 24.8 Å². The predicted octanol–water partition coefficient (Wildman–Crippen LogP) is -2.00. The van der Waals surface area contributed by atoms with Crippen LogP contribution in [-0.2, 0) is 0 Å². The highest BCUT2D eigenvalue weighted by Gasteiger charge is 1.59. The van der Waals surface area contributed by atoms with E-state index in [9.17, 15) is 0 Å². The number of hydrogen-bond acceptors (Lipinski definition) is 2. The molecule has 54 valence electrons. The number of rotatable bonds is 0. The maximum Gasteiger partial charge on any atom is 0.0451 e. The summed E-state index contributed by atoms with van der Waals surface area (Å²) in [5.41, 5.74) is 0. The largest absolute Gasteiger partial charge is 0.412 e. The molecule has 5 heteroatoms. The van der Waals surface area contributed by atoms with E-state index in [0.29, 0.717) is 0 Å². The van der Waals surface area contributed by atoms with Crippen LogP contribution in [0.1, 0.15) is 0 Å². The summed E-state index contributed by atoms with van der Waals surface area (Å²) in [6, 6.07) is 0. The summed E-state index contributed by atoms with van der Waals surface area (Å²) in [4.78, 5) is 7.44. The monoisotopic (exact) mass is 134 g/mol. The summed E-state index contributed by atoms with van der Waals surface area (Å²) in [6.07, 6.45) is 6.56. The molecule has 6 N–H and O–H groups in total. The van der Waals surface area contributed by atoms with Gasteiger partial charge in [-0.05, 0) is 0 Å². The summed E-state index contributed by atoms with van der Waals surface area (Å²) >= 11 is 0. The third-order valence-corrected chi connectivity index (χ3v) is 0.478. The van der Waals surface area contributed by atoms with Crippen LogP contribution in [0.3, 0.4) is 0 Å². The summed E-state index contributed by atoms with van der Waals surface area (Å²) in [7, 11) is 0. The Morgan fingerprint density at radius 1 is 0.556 bits per heavy atom. The van der Waals surface area contributed by atoms with Crippen molar-refractivity contribution in [2.75, 3.05) is 0 Å². The van der Waals surface area contributed by atoms with Gasteiger partial charge in [-0.25, -0.2) is 0 Å². The van der Waals surface area contributed by atoms with Crippen molar-refractivity contribution in [3.8, 4) is 0 Å². The van der Waals surface area contributed by atoms with Gasteiger partial charge in [0.25, 0.3) is 0 Å². The minimum absolute atomic E-state index is 0. The van der Waals surface area contributed by atoms with E-state index in [1.54, 1.807) is 24.8 Å². The first-order chi connectivity index (χ1) is 3.00. The zero-order valence-electron chi connectivity index (χ0n) is 4.70. The maximum absolute atomic E-state index is 3.72. The Kier molecular flexibility index (Phi) is 17.5. The number of nitrogens with zero attached hydrogens (tertiary/aromatic N) is 2. The van der Waals surface area contributed by atoms with E-state index in [0.717, 1.165) is 0 Å². The molecular weight excluding hydrogens is 124 g/mol. The summed E-state index contributed by atoms with van der Waals surface area (Å²) < 4.78 is 0. The second-order valence-electron chi connectivity index (χ2n) is 0.894. The molecule has 0 aliphatic rings. The molecule has 0 aliphatic carbocycles. The third-order valence-electron chi connectivity index (χ3n) is 0.478. The minimum atomic E-state index is 0. The first kappa shape index (κ1) is 15.7. The highest BCUT2D eigenvalue weighted by Crippen LogP contribution is 1.65. The van der Waals surface area contributed by atoms with E-state index >= 15 is 0 Å². The van der Waals surface area contributed by atoms with E-state index in [1.807, 2.05) is 0 Å². The van der Waals surface area contributed by atoms with Gasteiger partial charge < -0.3 is 16.4 Å². The third kappa shape index (κ3) is 6.96. The Labute approximate surface area is 52.3 Å². The molecule has 0 bridgehead atoms. The molecule has 0 spiro atoms. The summed E-state index contributed by atoms with van der Waals surface area (Å²) in [5.74, 6) is 0. The normalized spacial score (nSPS) is 5.33. The van der Waals surface area contributed by atoms with Crippen molar-refractivity contribution < 1.29 is 16.4 Å². The topological polar surface area (TPSA) is 120 Å². The Hall–Kier alpha value is -1.04. The zero-order chi connectivity index (χ0) is 4.24. The average molecular weight is 134 g/mol. The molecule has 0 radical (unpaired) electrons. The van der Waals surface area contributed by atoms with Gasteiger partial charge >= 0.3 is 0 Å². The van der Waals surface area contributed by atoms with Gasteiger partial charge in [0.05, 0.1) is 0 Å². The lowest BCUT2D eigenvalue weighted by Gasteiger charge is -1.70. The molecule has 0 aromatic carbocycles. The SMILES string of the molecule is O.O.O.c1cnccn1. The Morgan fingerprint density at radius 3 is 0.889 bits per heavy atom. The molecule has 0 amide bonds. The van der Waals surface area contributed by atoms with Crippen molar-refractivity contribution in [2.24, 2.45) is 0 Å². The first-order valence-corrected chi connectivity index (χ1v) is 1.70. The highest BCUT2D eigenvalue weighted by molar-refractivity contribution is 4.70. The minimum Gasteiger partial charge on any atom is -0.412 e. The second kappa shape index (κ2) is 10.0. The van der Waals surface area contributed by atoms with Crippen LogP contribution < -0.4 is 0 Å². The van der Waals surface area contributed by atoms with E-state index in [-0.39, 0.29) is 16.4 Å². The highest BCUT2D eigenvalue weighted by atomic mass is 16.0. The van der Waals surface area contributed by atoms with Gasteiger partial charge in [-0.2, -0.15) is 0 Å². The molecule has 1 rings (SSSR count). The van der Waals surface area contributed by atoms with Gasteiger partial charge in [0.1, 0.15) is 0 Å². The van der Waals surface area contributed by atoms with Crippen LogP contribution in [0.4, 0.5) is 0 Å². The molecule has 1 aromatic heterocycles. The average Bonchev–Trinajstić information content (AvgIpc) is 1.72. The lowest BCUT2D eigenvalue weighted by atomic mass is 10.8. The van der Waals surface area contributed by atoms with Crippen molar-refractivity contribution in [2.45, 2.75) is 0 Å². The van der Waals surface area contributed by atoms with Gasteiger partial charge in [-0.1, -0.05) is 0 Å². The van der Waals surface area contributed by atoms with Gasteiger partial charge in [-0.3, -0.25) is 9.97 Å². The number of aromatic nitrogens is 2. The van der Waals surface area contributed by atoms with Crippen molar-refractivity contribution >= 4 is 0 Å². The fraction of sp³-hybridized carbons (Fsp3) is 0. The molecule has 0 saturated heterocycles. The molecule has 0 unspecified atom stereocenters. The predicted molar refractivity (Wildman–Crippen MR) is 32.9 cm³/mol. The maximum atomic E-state index is 3.72. The summed E-state index contributed by atoms with van der Waals surface area (Å²) in [5, 5.41) is 0. The van der Waals surface area contributed by atoms with Crippen LogP contribution >= 0.6 is 0 Å². The molecule has 0 aliphatic heterocycles. The van der Waals surface area contributed by atoms with Gasteiger partial charge in [-0.15, -0.1) is 0 Å². The van der Waals surface area contributed by atoms with Gasteiger partial charge in [0.2, 0.25) is 0 Å². The number of hydrogen-bond donors (Lipinski definition) is 0. The standard InChI is InChI=1S/C4H4N2.3H2O/c1-2-6-4-3-5-1;;;/h1-4H;3*1H2. The van der Waals surface area contributed by atoms with Crippen LogP contribution in [0.2, 0.25) is 0 Å². The quantitative estimate of drug-likeness (QED) is 0.407. The Bertz CT molecular complexity index is 85.7. The lowest BCUT2D eigenvalue weighted by molar-refractivity contribution is 0.823. The van der Waals surface area contributed by atoms with Crippen LogP contribution in [0.5, 0.6) is 0 Å². The van der Waals surface area contributed by atoms with E-state index in [1.165, 1.54) is 0 Å². The Balaban J connectivity index is -0.000000120. The van der Waals surface area contributed by atoms with Gasteiger partial charge in [0.15, 0.2) is 0 Å². The van der Waals surface area contributed by atoms with Crippen molar-refractivity contribution in [3.63, 3.8) is 0 Å². The van der Waals surface area contributed by atoms with E-state index in [4.69, 9.17) is 0 Å². The molecule has 0 fully saturated rings. The van der Waals surface area contributed by atoms with E-state index in [2.05, 4.69) is 9.97 Å². The van der Waals surface area contributed by atoms with E-state index < -0.39 is 0 Å². The molecule has 1 heterocycles. The lowest BCUT2D eigenvalue weighted by Crippen LogP contribution is -1.66. The molecule has 1 aromatic rings. The van der Waals surface area contributed by atoms with Gasteiger partial charge in [0, 0.05) is 24.8 Å². The van der Waals surface area contributed by atoms with Crippen LogP contribution in [0.25, 0.3) is 0 Å². The van der Waals surface area contributed by atoms with Crippen molar-refractivity contribution in [1.82, 2.24) is 9.97 Å². The van der Waals surface area contributed by atoms with Crippen LogP contribution in [0.15, 0.2) is 24.8 Å². The van der Waals surface area contributed by atoms with Crippen LogP contribution in [-0.4, -0.2) is 26.4 Å². The smallest absolute Gasteiger partial charge is 0.0451 e. The fourth-order valence-corrected chi connectivity index (χ4v) is 0.253. The molecule has 5 nitrogen and oxygen atoms in total. The fourth-order valence-electron chi connectivity index (χ4n) is 0.253. The molecule has 0 atom stereocenters. The molecular formula is C4H10N2O3.